The molecule has 0 bridgehead atoms. The van der Waals surface area contributed by atoms with Crippen LogP contribution in [0.1, 0.15) is 20.8 Å². The van der Waals surface area contributed by atoms with E-state index in [1.54, 1.807) is 0 Å². The molecule has 1 nitrogen and oxygen atoms in total. The monoisotopic (exact) mass is 102 g/mol. The Labute approximate surface area is 45.7 Å². The minimum Gasteiger partial charge on any atom is -0.381 e. The zero-order valence-corrected chi connectivity index (χ0v) is 5.40. The zero-order chi connectivity index (χ0) is 5.70. The Hall–Kier alpha value is -0.0400. The minimum atomic E-state index is 0.843. The summed E-state index contributed by atoms with van der Waals surface area (Å²) in [5, 5.41) is 0. The fourth-order valence-electron chi connectivity index (χ4n) is 0.354. The van der Waals surface area contributed by atoms with Crippen molar-refractivity contribution < 1.29 is 4.74 Å². The standard InChI is InChI=1S/C4H8O.C2H6/c1-4-2-5-3-4;1-2/h4H,2-3H2,1H3;1-2H3. The summed E-state index contributed by atoms with van der Waals surface area (Å²) in [6, 6.07) is 0. The van der Waals surface area contributed by atoms with Crippen molar-refractivity contribution in [1.29, 1.82) is 0 Å². The Bertz CT molecular complexity index is 31.2. The van der Waals surface area contributed by atoms with Crippen molar-refractivity contribution in [2.45, 2.75) is 20.8 Å². The molecule has 1 saturated heterocycles. The lowest BCUT2D eigenvalue weighted by atomic mass is 10.2. The van der Waals surface area contributed by atoms with E-state index in [-0.39, 0.29) is 0 Å². The molecule has 0 aromatic rings. The van der Waals surface area contributed by atoms with Crippen molar-refractivity contribution in [3.8, 4) is 0 Å². The Morgan fingerprint density at radius 3 is 1.57 bits per heavy atom. The summed E-state index contributed by atoms with van der Waals surface area (Å²) in [6.07, 6.45) is 0. The highest BCUT2D eigenvalue weighted by atomic mass is 16.5. The van der Waals surface area contributed by atoms with E-state index in [1.165, 1.54) is 0 Å². The molecule has 0 spiro atoms. The van der Waals surface area contributed by atoms with Crippen LogP contribution >= 0.6 is 0 Å². The van der Waals surface area contributed by atoms with Gasteiger partial charge in [0.1, 0.15) is 0 Å². The first-order valence-corrected chi connectivity index (χ1v) is 2.97. The average Bonchev–Trinajstić information content (AvgIpc) is 1.68. The minimum absolute atomic E-state index is 0.843. The van der Waals surface area contributed by atoms with Crippen LogP contribution in [0.5, 0.6) is 0 Å². The summed E-state index contributed by atoms with van der Waals surface area (Å²) in [6.45, 7) is 8.16. The first kappa shape index (κ1) is 6.96. The van der Waals surface area contributed by atoms with E-state index >= 15 is 0 Å². The SMILES string of the molecule is CC.CC1COC1. The van der Waals surface area contributed by atoms with Gasteiger partial charge in [0.25, 0.3) is 0 Å². The van der Waals surface area contributed by atoms with Gasteiger partial charge in [-0.2, -0.15) is 0 Å². The molecule has 0 atom stereocenters. The van der Waals surface area contributed by atoms with Crippen molar-refractivity contribution in [2.24, 2.45) is 5.92 Å². The third-order valence-electron chi connectivity index (χ3n) is 0.805. The second kappa shape index (κ2) is 4.13. The highest BCUT2D eigenvalue weighted by Gasteiger charge is 2.09. The molecule has 1 aliphatic rings. The van der Waals surface area contributed by atoms with Crippen LogP contribution in [0.4, 0.5) is 0 Å². The predicted molar refractivity (Wildman–Crippen MR) is 31.3 cm³/mol. The molecule has 0 N–H and O–H groups in total. The number of hydrogen-bond acceptors (Lipinski definition) is 1. The Balaban J connectivity index is 0.000000162. The lowest BCUT2D eigenvalue weighted by Gasteiger charge is -2.20. The second-order valence-electron chi connectivity index (χ2n) is 1.64. The molecule has 0 unspecified atom stereocenters. The van der Waals surface area contributed by atoms with Crippen LogP contribution in [0.25, 0.3) is 0 Å². The largest absolute Gasteiger partial charge is 0.381 e. The number of hydrogen-bond donors (Lipinski definition) is 0. The van der Waals surface area contributed by atoms with E-state index < -0.39 is 0 Å². The smallest absolute Gasteiger partial charge is 0.0513 e. The van der Waals surface area contributed by atoms with Crippen LogP contribution in [-0.4, -0.2) is 13.2 Å². The summed E-state index contributed by atoms with van der Waals surface area (Å²) >= 11 is 0. The van der Waals surface area contributed by atoms with Gasteiger partial charge in [-0.25, -0.2) is 0 Å². The number of ether oxygens (including phenoxy) is 1. The molecule has 1 heterocycles. The fourth-order valence-corrected chi connectivity index (χ4v) is 0.354. The third-order valence-corrected chi connectivity index (χ3v) is 0.805. The maximum atomic E-state index is 4.83. The fraction of sp³-hybridized carbons (Fsp3) is 1.00. The van der Waals surface area contributed by atoms with Gasteiger partial charge < -0.3 is 4.74 Å². The molecule has 0 aromatic carbocycles. The van der Waals surface area contributed by atoms with Gasteiger partial charge in [-0.3, -0.25) is 0 Å². The van der Waals surface area contributed by atoms with Gasteiger partial charge in [-0.05, 0) is 0 Å². The van der Waals surface area contributed by atoms with E-state index in [9.17, 15) is 0 Å². The first-order valence-electron chi connectivity index (χ1n) is 2.97. The van der Waals surface area contributed by atoms with Crippen molar-refractivity contribution >= 4 is 0 Å². The Morgan fingerprint density at radius 2 is 1.57 bits per heavy atom. The molecule has 0 aliphatic carbocycles. The molecular weight excluding hydrogens is 88.1 g/mol. The summed E-state index contributed by atoms with van der Waals surface area (Å²) in [4.78, 5) is 0. The first-order chi connectivity index (χ1) is 3.39. The van der Waals surface area contributed by atoms with Crippen molar-refractivity contribution in [3.05, 3.63) is 0 Å². The normalized spacial score (nSPS) is 19.3. The maximum Gasteiger partial charge on any atom is 0.0513 e. The molecular formula is C6H14O. The molecule has 1 heteroatoms. The van der Waals surface area contributed by atoms with E-state index in [4.69, 9.17) is 4.74 Å². The molecule has 0 aromatic heterocycles. The van der Waals surface area contributed by atoms with Gasteiger partial charge in [-0.15, -0.1) is 0 Å². The van der Waals surface area contributed by atoms with Crippen molar-refractivity contribution in [1.82, 2.24) is 0 Å². The van der Waals surface area contributed by atoms with E-state index in [0.29, 0.717) is 0 Å². The highest BCUT2D eigenvalue weighted by Crippen LogP contribution is 2.05. The van der Waals surface area contributed by atoms with E-state index in [1.807, 2.05) is 13.8 Å². The molecule has 1 rings (SSSR count). The topological polar surface area (TPSA) is 9.23 Å². The van der Waals surface area contributed by atoms with E-state index in [0.717, 1.165) is 19.1 Å². The van der Waals surface area contributed by atoms with Crippen molar-refractivity contribution in [3.63, 3.8) is 0 Å². The summed E-state index contributed by atoms with van der Waals surface area (Å²) in [5.74, 6) is 0.843. The molecule has 0 amide bonds. The predicted octanol–water partition coefficient (Wildman–Crippen LogP) is 1.68. The van der Waals surface area contributed by atoms with Gasteiger partial charge >= 0.3 is 0 Å². The Kier molecular flexibility index (Phi) is 4.10. The maximum absolute atomic E-state index is 4.83. The zero-order valence-electron chi connectivity index (χ0n) is 5.40. The van der Waals surface area contributed by atoms with Crippen LogP contribution in [0.2, 0.25) is 0 Å². The van der Waals surface area contributed by atoms with Gasteiger partial charge in [0.15, 0.2) is 0 Å². The van der Waals surface area contributed by atoms with Crippen LogP contribution < -0.4 is 0 Å². The second-order valence-corrected chi connectivity index (χ2v) is 1.64. The van der Waals surface area contributed by atoms with Crippen LogP contribution in [-0.2, 0) is 4.74 Å². The summed E-state index contributed by atoms with van der Waals surface area (Å²) < 4.78 is 4.83. The highest BCUT2D eigenvalue weighted by molar-refractivity contribution is 4.56. The van der Waals surface area contributed by atoms with Gasteiger partial charge in [0, 0.05) is 5.92 Å². The molecule has 0 saturated carbocycles. The molecule has 1 aliphatic heterocycles. The van der Waals surface area contributed by atoms with Crippen LogP contribution in [0, 0.1) is 5.92 Å². The van der Waals surface area contributed by atoms with E-state index in [2.05, 4.69) is 6.92 Å². The lowest BCUT2D eigenvalue weighted by molar-refractivity contribution is -0.0221. The molecule has 7 heavy (non-hydrogen) atoms. The average molecular weight is 102 g/mol. The van der Waals surface area contributed by atoms with Crippen molar-refractivity contribution in [2.75, 3.05) is 13.2 Å². The quantitative estimate of drug-likeness (QED) is 0.452. The van der Waals surface area contributed by atoms with Gasteiger partial charge in [0.05, 0.1) is 13.2 Å². The summed E-state index contributed by atoms with van der Waals surface area (Å²) in [7, 11) is 0. The van der Waals surface area contributed by atoms with Gasteiger partial charge in [0.2, 0.25) is 0 Å². The lowest BCUT2D eigenvalue weighted by Crippen LogP contribution is -2.23. The number of rotatable bonds is 0. The molecule has 1 fully saturated rings. The van der Waals surface area contributed by atoms with Gasteiger partial charge in [-0.1, -0.05) is 20.8 Å². The summed E-state index contributed by atoms with van der Waals surface area (Å²) in [5.41, 5.74) is 0. The van der Waals surface area contributed by atoms with Crippen LogP contribution in [0.3, 0.4) is 0 Å². The molecule has 0 radical (unpaired) electrons. The van der Waals surface area contributed by atoms with Crippen LogP contribution in [0.15, 0.2) is 0 Å². The molecule has 44 valence electrons. The Morgan fingerprint density at radius 1 is 1.29 bits per heavy atom. The third kappa shape index (κ3) is 2.63.